The van der Waals surface area contributed by atoms with Gasteiger partial charge in [-0.15, -0.1) is 0 Å². The second-order valence-corrected chi connectivity index (χ2v) is 8.84. The van der Waals surface area contributed by atoms with Gasteiger partial charge in [-0.2, -0.15) is 4.67 Å². The van der Waals surface area contributed by atoms with Gasteiger partial charge in [-0.3, -0.25) is 0 Å². The molecule has 0 spiro atoms. The van der Waals surface area contributed by atoms with Crippen LogP contribution in [0.5, 0.6) is 11.5 Å². The van der Waals surface area contributed by atoms with Crippen LogP contribution in [0.15, 0.2) is 103 Å². The van der Waals surface area contributed by atoms with Gasteiger partial charge in [0.2, 0.25) is 0 Å². The fraction of sp³-hybridized carbons (Fsp3) is 0.0833. The van der Waals surface area contributed by atoms with Crippen LogP contribution >= 0.6 is 7.75 Å². The molecule has 4 aromatic rings. The third kappa shape index (κ3) is 3.77. The highest BCUT2D eigenvalue weighted by molar-refractivity contribution is 7.52. The zero-order chi connectivity index (χ0) is 19.7. The summed E-state index contributed by atoms with van der Waals surface area (Å²) >= 11 is 0. The summed E-state index contributed by atoms with van der Waals surface area (Å²) in [5.74, 6) is 1.05. The van der Waals surface area contributed by atoms with Crippen molar-refractivity contribution >= 4 is 18.5 Å². The van der Waals surface area contributed by atoms with Crippen molar-refractivity contribution < 1.29 is 13.6 Å². The standard InChI is InChI=1S/C24H20NO3P/c26-29(27-22-11-3-1-4-12-22,28-23-13-5-2-6-14-23)25-18-24(25)21-16-15-19-9-7-8-10-20(19)17-21/h1-17,24H,18H2. The summed E-state index contributed by atoms with van der Waals surface area (Å²) in [6.07, 6.45) is 0. The average Bonchev–Trinajstić information content (AvgIpc) is 3.57. The van der Waals surface area contributed by atoms with E-state index in [0.717, 1.165) is 5.56 Å². The lowest BCUT2D eigenvalue weighted by Crippen LogP contribution is -2.09. The van der Waals surface area contributed by atoms with Crippen molar-refractivity contribution in [3.05, 3.63) is 109 Å². The van der Waals surface area contributed by atoms with Crippen molar-refractivity contribution in [2.24, 2.45) is 0 Å². The summed E-state index contributed by atoms with van der Waals surface area (Å²) in [7, 11) is -3.57. The molecule has 29 heavy (non-hydrogen) atoms. The Labute approximate surface area is 169 Å². The molecule has 1 aliphatic rings. The van der Waals surface area contributed by atoms with E-state index in [1.54, 1.807) is 28.9 Å². The van der Waals surface area contributed by atoms with Gasteiger partial charge in [0.1, 0.15) is 11.5 Å². The molecule has 1 fully saturated rings. The summed E-state index contributed by atoms with van der Waals surface area (Å²) in [5, 5.41) is 2.35. The molecule has 4 nitrogen and oxygen atoms in total. The molecule has 5 rings (SSSR count). The minimum Gasteiger partial charge on any atom is -0.404 e. The molecule has 0 saturated carbocycles. The molecule has 0 amide bonds. The number of hydrogen-bond donors (Lipinski definition) is 0. The van der Waals surface area contributed by atoms with Crippen LogP contribution in [-0.4, -0.2) is 11.2 Å². The van der Waals surface area contributed by atoms with E-state index in [9.17, 15) is 4.57 Å². The summed E-state index contributed by atoms with van der Waals surface area (Å²) in [5.41, 5.74) is 1.11. The minimum atomic E-state index is -3.57. The van der Waals surface area contributed by atoms with E-state index in [-0.39, 0.29) is 6.04 Å². The lowest BCUT2D eigenvalue weighted by atomic mass is 10.1. The van der Waals surface area contributed by atoms with Gasteiger partial charge < -0.3 is 9.05 Å². The lowest BCUT2D eigenvalue weighted by molar-refractivity contribution is 0.345. The summed E-state index contributed by atoms with van der Waals surface area (Å²) in [6.45, 7) is 0.620. The average molecular weight is 401 g/mol. The van der Waals surface area contributed by atoms with Gasteiger partial charge >= 0.3 is 7.75 Å². The summed E-state index contributed by atoms with van der Waals surface area (Å²) in [4.78, 5) is 0. The van der Waals surface area contributed by atoms with E-state index in [1.807, 2.05) is 48.5 Å². The van der Waals surface area contributed by atoms with E-state index < -0.39 is 7.75 Å². The first-order valence-corrected chi connectivity index (χ1v) is 11.1. The smallest absolute Gasteiger partial charge is 0.404 e. The van der Waals surface area contributed by atoms with Gasteiger partial charge in [0.05, 0.1) is 6.04 Å². The Morgan fingerprint density at radius 1 is 0.690 bits per heavy atom. The van der Waals surface area contributed by atoms with Crippen LogP contribution in [0, 0.1) is 0 Å². The molecule has 144 valence electrons. The summed E-state index contributed by atoms with van der Waals surface area (Å²) < 4.78 is 27.5. The molecule has 0 radical (unpaired) electrons. The highest BCUT2D eigenvalue weighted by Crippen LogP contribution is 2.62. The van der Waals surface area contributed by atoms with Crippen molar-refractivity contribution in [1.82, 2.24) is 4.67 Å². The fourth-order valence-corrected chi connectivity index (χ4v) is 5.30. The van der Waals surface area contributed by atoms with Crippen molar-refractivity contribution in [1.29, 1.82) is 0 Å². The first-order valence-electron chi connectivity index (χ1n) is 9.56. The lowest BCUT2D eigenvalue weighted by Gasteiger charge is -2.21. The van der Waals surface area contributed by atoms with E-state index in [0.29, 0.717) is 18.0 Å². The zero-order valence-electron chi connectivity index (χ0n) is 15.7. The van der Waals surface area contributed by atoms with Crippen LogP contribution in [0.2, 0.25) is 0 Å². The van der Waals surface area contributed by atoms with Crippen molar-refractivity contribution in [2.45, 2.75) is 6.04 Å². The molecular weight excluding hydrogens is 381 g/mol. The number of fused-ring (bicyclic) bond motifs is 1. The predicted molar refractivity (Wildman–Crippen MR) is 115 cm³/mol. The van der Waals surface area contributed by atoms with E-state index >= 15 is 0 Å². The van der Waals surface area contributed by atoms with Gasteiger partial charge in [-0.1, -0.05) is 72.8 Å². The number of hydrogen-bond acceptors (Lipinski definition) is 3. The Bertz CT molecular complexity index is 1130. The fourth-order valence-electron chi connectivity index (χ4n) is 3.45. The highest BCUT2D eigenvalue weighted by atomic mass is 31.2. The van der Waals surface area contributed by atoms with Gasteiger partial charge in [-0.25, -0.2) is 4.57 Å². The van der Waals surface area contributed by atoms with Crippen molar-refractivity contribution in [3.63, 3.8) is 0 Å². The topological polar surface area (TPSA) is 38.5 Å². The molecule has 0 N–H and O–H groups in total. The first kappa shape index (κ1) is 18.0. The molecule has 0 bridgehead atoms. The Balaban J connectivity index is 1.45. The number of nitrogens with zero attached hydrogens (tertiary/aromatic N) is 1. The molecule has 0 aromatic heterocycles. The maximum Gasteiger partial charge on any atom is 0.516 e. The third-order valence-corrected chi connectivity index (χ3v) is 6.94. The molecule has 1 aliphatic heterocycles. The van der Waals surface area contributed by atoms with E-state index in [1.165, 1.54) is 10.8 Å². The highest BCUT2D eigenvalue weighted by Gasteiger charge is 2.53. The van der Waals surface area contributed by atoms with Gasteiger partial charge in [0, 0.05) is 6.54 Å². The van der Waals surface area contributed by atoms with E-state index in [4.69, 9.17) is 9.05 Å². The Kier molecular flexibility index (Phi) is 4.59. The molecule has 2 atom stereocenters. The SMILES string of the molecule is O=P(Oc1ccccc1)(Oc1ccccc1)N1CC1c1ccc2ccccc2c1. The minimum absolute atomic E-state index is 0.00198. The van der Waals surface area contributed by atoms with Crippen LogP contribution in [0.1, 0.15) is 11.6 Å². The Morgan fingerprint density at radius 3 is 1.86 bits per heavy atom. The van der Waals surface area contributed by atoms with Crippen molar-refractivity contribution in [3.8, 4) is 11.5 Å². The van der Waals surface area contributed by atoms with Crippen LogP contribution < -0.4 is 9.05 Å². The van der Waals surface area contributed by atoms with Crippen molar-refractivity contribution in [2.75, 3.05) is 6.54 Å². The molecule has 1 heterocycles. The zero-order valence-corrected chi connectivity index (χ0v) is 16.6. The monoisotopic (exact) mass is 401 g/mol. The Hall–Kier alpha value is -3.07. The molecule has 4 aromatic carbocycles. The number of benzene rings is 4. The van der Waals surface area contributed by atoms with Gasteiger partial charge in [-0.05, 0) is 46.7 Å². The maximum absolute atomic E-state index is 13.8. The maximum atomic E-state index is 13.8. The van der Waals surface area contributed by atoms with Crippen LogP contribution in [0.3, 0.4) is 0 Å². The molecule has 5 heteroatoms. The molecule has 1 saturated heterocycles. The largest absolute Gasteiger partial charge is 0.516 e. The molecule has 0 aliphatic carbocycles. The van der Waals surface area contributed by atoms with Crippen LogP contribution in [0.25, 0.3) is 10.8 Å². The Morgan fingerprint density at radius 2 is 1.24 bits per heavy atom. The second kappa shape index (κ2) is 7.40. The quantitative estimate of drug-likeness (QED) is 0.274. The normalized spacial score (nSPS) is 18.3. The second-order valence-electron chi connectivity index (χ2n) is 7.02. The van der Waals surface area contributed by atoms with Gasteiger partial charge in [0.25, 0.3) is 0 Å². The summed E-state index contributed by atoms with van der Waals surface area (Å²) in [6, 6.07) is 32.9. The molecular formula is C24H20NO3P. The first-order chi connectivity index (χ1) is 14.2. The van der Waals surface area contributed by atoms with E-state index in [2.05, 4.69) is 30.3 Å². The third-order valence-electron chi connectivity index (χ3n) is 4.99. The number of rotatable bonds is 6. The number of para-hydroxylation sites is 2. The van der Waals surface area contributed by atoms with Crippen LogP contribution in [0.4, 0.5) is 0 Å². The predicted octanol–water partition coefficient (Wildman–Crippen LogP) is 6.46. The van der Waals surface area contributed by atoms with Gasteiger partial charge in [0.15, 0.2) is 0 Å². The van der Waals surface area contributed by atoms with Crippen LogP contribution in [-0.2, 0) is 4.57 Å². The molecule has 2 unspecified atom stereocenters.